The van der Waals surface area contributed by atoms with Crippen LogP contribution in [0.2, 0.25) is 0 Å². The summed E-state index contributed by atoms with van der Waals surface area (Å²) in [6, 6.07) is 0.286. The number of nitrogens with one attached hydrogen (secondary N) is 1. The molecule has 0 saturated carbocycles. The first-order valence-corrected chi connectivity index (χ1v) is 7.19. The third-order valence-corrected chi connectivity index (χ3v) is 4.17. The van der Waals surface area contributed by atoms with Crippen LogP contribution in [0.15, 0.2) is 0 Å². The van der Waals surface area contributed by atoms with Crippen LogP contribution >= 0.6 is 0 Å². The predicted molar refractivity (Wildman–Crippen MR) is 75.4 cm³/mol. The number of hydrogen-bond acceptors (Lipinski definition) is 3. The quantitative estimate of drug-likeness (QED) is 0.782. The molecule has 0 bridgehead atoms. The first-order valence-electron chi connectivity index (χ1n) is 7.19. The summed E-state index contributed by atoms with van der Waals surface area (Å²) < 4.78 is 0. The number of likely N-dealkylation sites (tertiary alicyclic amines) is 1. The van der Waals surface area contributed by atoms with Gasteiger partial charge in [0.1, 0.15) is 0 Å². The molecule has 2 unspecified atom stereocenters. The fraction of sp³-hybridized carbons (Fsp3) is 0.929. The van der Waals surface area contributed by atoms with Gasteiger partial charge in [0.15, 0.2) is 0 Å². The van der Waals surface area contributed by atoms with Gasteiger partial charge in [-0.15, -0.1) is 0 Å². The van der Waals surface area contributed by atoms with Crippen molar-refractivity contribution in [2.75, 3.05) is 13.1 Å². The van der Waals surface area contributed by atoms with Crippen molar-refractivity contribution >= 4 is 5.91 Å². The Morgan fingerprint density at radius 1 is 1.50 bits per heavy atom. The number of nitrogens with two attached hydrogens (primary N) is 1. The third-order valence-electron chi connectivity index (χ3n) is 4.17. The van der Waals surface area contributed by atoms with Gasteiger partial charge < -0.3 is 11.1 Å². The van der Waals surface area contributed by atoms with Gasteiger partial charge in [0.05, 0.1) is 6.04 Å². The lowest BCUT2D eigenvalue weighted by atomic mass is 9.98. The topological polar surface area (TPSA) is 58.4 Å². The summed E-state index contributed by atoms with van der Waals surface area (Å²) in [5.41, 5.74) is 5.69. The first kappa shape index (κ1) is 15.4. The number of hydrogen-bond donors (Lipinski definition) is 2. The lowest BCUT2D eigenvalue weighted by molar-refractivity contribution is -0.129. The normalized spacial score (nSPS) is 23.7. The highest BCUT2D eigenvalue weighted by Crippen LogP contribution is 2.19. The van der Waals surface area contributed by atoms with Gasteiger partial charge in [-0.3, -0.25) is 9.69 Å². The maximum Gasteiger partial charge on any atom is 0.237 e. The van der Waals surface area contributed by atoms with Gasteiger partial charge in [-0.05, 0) is 46.6 Å². The Kier molecular flexibility index (Phi) is 5.60. The van der Waals surface area contributed by atoms with E-state index in [-0.39, 0.29) is 17.5 Å². The van der Waals surface area contributed by atoms with Crippen LogP contribution in [0.1, 0.15) is 53.4 Å². The maximum atomic E-state index is 12.3. The van der Waals surface area contributed by atoms with E-state index >= 15 is 0 Å². The van der Waals surface area contributed by atoms with E-state index in [2.05, 4.69) is 31.0 Å². The van der Waals surface area contributed by atoms with E-state index in [0.29, 0.717) is 12.6 Å². The zero-order chi connectivity index (χ0) is 13.8. The summed E-state index contributed by atoms with van der Waals surface area (Å²) in [7, 11) is 0. The van der Waals surface area contributed by atoms with Gasteiger partial charge in [0.25, 0.3) is 0 Å². The van der Waals surface area contributed by atoms with Gasteiger partial charge >= 0.3 is 0 Å². The molecule has 0 aromatic rings. The molecule has 1 rings (SSSR count). The summed E-state index contributed by atoms with van der Waals surface area (Å²) in [6.45, 7) is 9.85. The molecule has 0 aromatic heterocycles. The molecule has 4 nitrogen and oxygen atoms in total. The highest BCUT2D eigenvalue weighted by Gasteiger charge is 2.31. The lowest BCUT2D eigenvalue weighted by Crippen LogP contribution is -2.56. The Morgan fingerprint density at radius 2 is 2.17 bits per heavy atom. The Morgan fingerprint density at radius 3 is 2.72 bits per heavy atom. The monoisotopic (exact) mass is 255 g/mol. The van der Waals surface area contributed by atoms with Gasteiger partial charge in [-0.25, -0.2) is 0 Å². The summed E-state index contributed by atoms with van der Waals surface area (Å²) in [6.07, 6.45) is 4.45. The van der Waals surface area contributed by atoms with E-state index in [1.54, 1.807) is 0 Å². The van der Waals surface area contributed by atoms with E-state index in [1.165, 1.54) is 12.8 Å². The molecule has 0 radical (unpaired) electrons. The Labute approximate surface area is 111 Å². The van der Waals surface area contributed by atoms with Crippen LogP contribution in [0.25, 0.3) is 0 Å². The van der Waals surface area contributed by atoms with Crippen LogP contribution in [0.4, 0.5) is 0 Å². The maximum absolute atomic E-state index is 12.3. The van der Waals surface area contributed by atoms with Gasteiger partial charge in [-0.2, -0.15) is 0 Å². The molecule has 1 fully saturated rings. The number of rotatable bonds is 5. The number of carbonyl (C=O) groups excluding carboxylic acids is 1. The van der Waals surface area contributed by atoms with Crippen molar-refractivity contribution in [3.63, 3.8) is 0 Å². The second-order valence-electron chi connectivity index (χ2n) is 6.03. The number of piperidine rings is 1. The summed E-state index contributed by atoms with van der Waals surface area (Å²) in [4.78, 5) is 14.6. The molecule has 0 aromatic carbocycles. The molecular formula is C14H29N3O. The van der Waals surface area contributed by atoms with E-state index in [1.807, 2.05) is 6.92 Å². The Balaban J connectivity index is 2.61. The average Bonchev–Trinajstić information content (AvgIpc) is 2.37. The summed E-state index contributed by atoms with van der Waals surface area (Å²) in [5, 5.41) is 3.13. The minimum Gasteiger partial charge on any atom is -0.350 e. The van der Waals surface area contributed by atoms with E-state index in [9.17, 15) is 4.79 Å². The second kappa shape index (κ2) is 6.53. The minimum atomic E-state index is -0.126. The summed E-state index contributed by atoms with van der Waals surface area (Å²) >= 11 is 0. The molecule has 1 aliphatic heterocycles. The zero-order valence-electron chi connectivity index (χ0n) is 12.3. The van der Waals surface area contributed by atoms with Crippen LogP contribution in [0.3, 0.4) is 0 Å². The molecule has 1 aliphatic rings. The smallest absolute Gasteiger partial charge is 0.237 e. The van der Waals surface area contributed by atoms with E-state index in [0.717, 1.165) is 19.4 Å². The fourth-order valence-electron chi connectivity index (χ4n) is 2.46. The third kappa shape index (κ3) is 3.95. The highest BCUT2D eigenvalue weighted by atomic mass is 16.2. The van der Waals surface area contributed by atoms with Crippen molar-refractivity contribution < 1.29 is 4.79 Å². The van der Waals surface area contributed by atoms with E-state index in [4.69, 9.17) is 5.73 Å². The molecule has 18 heavy (non-hydrogen) atoms. The predicted octanol–water partition coefficient (Wildman–Crippen LogP) is 1.49. The molecule has 0 spiro atoms. The van der Waals surface area contributed by atoms with Crippen molar-refractivity contribution in [2.24, 2.45) is 5.73 Å². The largest absolute Gasteiger partial charge is 0.350 e. The molecule has 1 amide bonds. The molecule has 2 atom stereocenters. The minimum absolute atomic E-state index is 0.0790. The zero-order valence-corrected chi connectivity index (χ0v) is 12.3. The first-order chi connectivity index (χ1) is 8.41. The molecule has 1 heterocycles. The van der Waals surface area contributed by atoms with Crippen molar-refractivity contribution in [2.45, 2.75) is 71.0 Å². The Hall–Kier alpha value is -0.610. The Bertz CT molecular complexity index is 278. The van der Waals surface area contributed by atoms with Crippen LogP contribution in [0.5, 0.6) is 0 Å². The standard InChI is InChI=1S/C14H29N3O/c1-5-14(3,4)16-13(18)11(2)17-9-7-6-8-12(17)10-15/h11-12H,5-10,15H2,1-4H3,(H,16,18). The van der Waals surface area contributed by atoms with E-state index < -0.39 is 0 Å². The van der Waals surface area contributed by atoms with Crippen LogP contribution in [-0.4, -0.2) is 41.5 Å². The van der Waals surface area contributed by atoms with Gasteiger partial charge in [-0.1, -0.05) is 13.3 Å². The average molecular weight is 255 g/mol. The number of carbonyl (C=O) groups is 1. The molecule has 4 heteroatoms. The SMILES string of the molecule is CCC(C)(C)NC(=O)C(C)N1CCCCC1CN. The molecule has 0 aliphatic carbocycles. The number of nitrogens with zero attached hydrogens (tertiary/aromatic N) is 1. The van der Waals surface area contributed by atoms with Crippen LogP contribution in [0, 0.1) is 0 Å². The fourth-order valence-corrected chi connectivity index (χ4v) is 2.46. The summed E-state index contributed by atoms with van der Waals surface area (Å²) in [5.74, 6) is 0.127. The second-order valence-corrected chi connectivity index (χ2v) is 6.03. The molecule has 1 saturated heterocycles. The van der Waals surface area contributed by atoms with Crippen molar-refractivity contribution in [3.05, 3.63) is 0 Å². The van der Waals surface area contributed by atoms with Crippen LogP contribution in [-0.2, 0) is 4.79 Å². The molecular weight excluding hydrogens is 226 g/mol. The lowest BCUT2D eigenvalue weighted by Gasteiger charge is -2.39. The molecule has 106 valence electrons. The molecule has 3 N–H and O–H groups in total. The van der Waals surface area contributed by atoms with Crippen molar-refractivity contribution in [1.29, 1.82) is 0 Å². The van der Waals surface area contributed by atoms with Crippen LogP contribution < -0.4 is 11.1 Å². The van der Waals surface area contributed by atoms with Gasteiger partial charge in [0, 0.05) is 18.1 Å². The van der Waals surface area contributed by atoms with Crippen molar-refractivity contribution in [1.82, 2.24) is 10.2 Å². The number of amides is 1. The highest BCUT2D eigenvalue weighted by molar-refractivity contribution is 5.82. The van der Waals surface area contributed by atoms with Gasteiger partial charge in [0.2, 0.25) is 5.91 Å². The van der Waals surface area contributed by atoms with Crippen molar-refractivity contribution in [3.8, 4) is 0 Å².